The lowest BCUT2D eigenvalue weighted by Crippen LogP contribution is -2.28. The first-order chi connectivity index (χ1) is 17.2. The summed E-state index contributed by atoms with van der Waals surface area (Å²) in [5.41, 5.74) is 2.39. The summed E-state index contributed by atoms with van der Waals surface area (Å²) in [5, 5.41) is 21.1. The van der Waals surface area contributed by atoms with Gasteiger partial charge in [-0.25, -0.2) is 0 Å². The van der Waals surface area contributed by atoms with E-state index >= 15 is 0 Å². The van der Waals surface area contributed by atoms with Gasteiger partial charge < -0.3 is 10.2 Å². The van der Waals surface area contributed by atoms with Crippen molar-refractivity contribution in [2.75, 3.05) is 0 Å². The number of hydrogen-bond donors (Lipinski definition) is 2. The lowest BCUT2D eigenvalue weighted by Gasteiger charge is -2.26. The highest BCUT2D eigenvalue weighted by molar-refractivity contribution is 8.08. The van der Waals surface area contributed by atoms with Gasteiger partial charge in [-0.15, -0.1) is 0 Å². The molecule has 2 atom stereocenters. The van der Waals surface area contributed by atoms with Crippen molar-refractivity contribution >= 4 is 34.9 Å². The maximum Gasteiger partial charge on any atom is 0.224 e. The molecule has 2 N–H and O–H groups in total. The summed E-state index contributed by atoms with van der Waals surface area (Å²) in [7, 11) is 0. The van der Waals surface area contributed by atoms with E-state index in [-0.39, 0.29) is 43.9 Å². The van der Waals surface area contributed by atoms with Crippen molar-refractivity contribution in [2.24, 2.45) is 11.8 Å². The van der Waals surface area contributed by atoms with Crippen molar-refractivity contribution in [2.45, 2.75) is 81.1 Å². The number of aliphatic hydroxyl groups excluding tert-OH is 2. The molecule has 0 aromatic rings. The van der Waals surface area contributed by atoms with Crippen molar-refractivity contribution in [3.8, 4) is 0 Å². The van der Waals surface area contributed by atoms with Gasteiger partial charge in [0.1, 0.15) is 0 Å². The Kier molecular flexibility index (Phi) is 10.3. The number of thioether (sulfide) groups is 1. The summed E-state index contributed by atoms with van der Waals surface area (Å²) in [6.45, 7) is 14.3. The van der Waals surface area contributed by atoms with Gasteiger partial charge in [-0.05, 0) is 79.1 Å². The van der Waals surface area contributed by atoms with Gasteiger partial charge in [-0.3, -0.25) is 19.2 Å². The van der Waals surface area contributed by atoms with Gasteiger partial charge in [0.15, 0.2) is 23.1 Å². The van der Waals surface area contributed by atoms with Crippen molar-refractivity contribution < 1.29 is 29.4 Å². The molecule has 0 aromatic carbocycles. The zero-order valence-corrected chi connectivity index (χ0v) is 23.9. The summed E-state index contributed by atoms with van der Waals surface area (Å²) < 4.78 is 0. The summed E-state index contributed by atoms with van der Waals surface area (Å²) >= 11 is 0.789. The molecule has 0 amide bonds. The predicted octanol–water partition coefficient (Wildman–Crippen LogP) is 6.96. The van der Waals surface area contributed by atoms with E-state index in [1.165, 1.54) is 13.8 Å². The lowest BCUT2D eigenvalue weighted by molar-refractivity contribution is -0.118. The summed E-state index contributed by atoms with van der Waals surface area (Å²) in [6, 6.07) is 0. The van der Waals surface area contributed by atoms with E-state index in [1.54, 1.807) is 13.8 Å². The fourth-order valence-corrected chi connectivity index (χ4v) is 5.50. The number of aliphatic hydroxyl groups is 2. The van der Waals surface area contributed by atoms with Crippen LogP contribution in [0.3, 0.4) is 0 Å². The van der Waals surface area contributed by atoms with Gasteiger partial charge in [0.05, 0.1) is 9.81 Å². The van der Waals surface area contributed by atoms with Crippen molar-refractivity contribution in [3.05, 3.63) is 66.9 Å². The first-order valence-corrected chi connectivity index (χ1v) is 13.4. The van der Waals surface area contributed by atoms with E-state index < -0.39 is 34.7 Å². The van der Waals surface area contributed by atoms with E-state index in [0.29, 0.717) is 25.7 Å². The van der Waals surface area contributed by atoms with Gasteiger partial charge in [0, 0.05) is 22.3 Å². The monoisotopic (exact) mass is 526 g/mol. The summed E-state index contributed by atoms with van der Waals surface area (Å²) in [5.74, 6) is -4.23. The molecule has 0 aliphatic heterocycles. The quantitative estimate of drug-likeness (QED) is 0.234. The number of allylic oxidation sites excluding steroid dienone is 10. The first kappa shape index (κ1) is 30.3. The third kappa shape index (κ3) is 6.69. The molecule has 0 aromatic heterocycles. The third-order valence-electron chi connectivity index (χ3n) is 6.70. The SMILES string of the molecule is CC(C)=CCC[C@@H](C)C1=C(O)C(=O)C(C)=C(SC2=C(C)C(=O)C(O)=C([C@H](C)CCC=C(C)C)C2=O)C1=O. The van der Waals surface area contributed by atoms with E-state index in [2.05, 4.69) is 0 Å². The minimum absolute atomic E-state index is 0.0281. The Balaban J connectivity index is 2.41. The van der Waals surface area contributed by atoms with E-state index in [1.807, 2.05) is 39.8 Å². The van der Waals surface area contributed by atoms with Crippen molar-refractivity contribution in [3.63, 3.8) is 0 Å². The second-order valence-electron chi connectivity index (χ2n) is 10.4. The molecule has 2 aliphatic rings. The smallest absolute Gasteiger partial charge is 0.224 e. The molecule has 200 valence electrons. The van der Waals surface area contributed by atoms with Crippen LogP contribution < -0.4 is 0 Å². The van der Waals surface area contributed by atoms with Crippen LogP contribution in [0.2, 0.25) is 0 Å². The lowest BCUT2D eigenvalue weighted by atomic mass is 9.85. The molecule has 0 fully saturated rings. The highest BCUT2D eigenvalue weighted by atomic mass is 32.2. The number of carbonyl (C=O) groups is 4. The largest absolute Gasteiger partial charge is 0.504 e. The number of Topliss-reactive ketones (excluding diaryl/α,β-unsaturated/α-hetero) is 4. The maximum absolute atomic E-state index is 13.5. The van der Waals surface area contributed by atoms with E-state index in [4.69, 9.17) is 0 Å². The molecule has 2 rings (SSSR count). The second kappa shape index (κ2) is 12.5. The van der Waals surface area contributed by atoms with Gasteiger partial charge in [0.25, 0.3) is 0 Å². The average Bonchev–Trinajstić information content (AvgIpc) is 2.80. The molecular weight excluding hydrogens is 488 g/mol. The second-order valence-corrected chi connectivity index (χ2v) is 11.4. The molecule has 0 bridgehead atoms. The Morgan fingerprint density at radius 1 is 0.676 bits per heavy atom. The van der Waals surface area contributed by atoms with Crippen LogP contribution in [0.1, 0.15) is 81.1 Å². The van der Waals surface area contributed by atoms with Crippen LogP contribution in [0.15, 0.2) is 66.9 Å². The normalized spacial score (nSPS) is 18.6. The van der Waals surface area contributed by atoms with Crippen LogP contribution in [0.25, 0.3) is 0 Å². The fourth-order valence-electron chi connectivity index (χ4n) is 4.40. The van der Waals surface area contributed by atoms with Crippen LogP contribution >= 0.6 is 11.8 Å². The highest BCUT2D eigenvalue weighted by Crippen LogP contribution is 2.43. The van der Waals surface area contributed by atoms with Gasteiger partial charge in [-0.1, -0.05) is 48.9 Å². The van der Waals surface area contributed by atoms with Crippen LogP contribution in [0.5, 0.6) is 0 Å². The molecule has 0 spiro atoms. The first-order valence-electron chi connectivity index (χ1n) is 12.6. The van der Waals surface area contributed by atoms with Crippen molar-refractivity contribution in [1.29, 1.82) is 0 Å². The van der Waals surface area contributed by atoms with Gasteiger partial charge in [0.2, 0.25) is 11.6 Å². The van der Waals surface area contributed by atoms with E-state index in [0.717, 1.165) is 22.9 Å². The molecule has 0 unspecified atom stereocenters. The van der Waals surface area contributed by atoms with E-state index in [9.17, 15) is 29.4 Å². The predicted molar refractivity (Wildman–Crippen MR) is 148 cm³/mol. The molecule has 7 heteroatoms. The van der Waals surface area contributed by atoms with Gasteiger partial charge >= 0.3 is 0 Å². The Labute approximate surface area is 224 Å². The van der Waals surface area contributed by atoms with Crippen LogP contribution in [-0.4, -0.2) is 33.3 Å². The zero-order valence-electron chi connectivity index (χ0n) is 23.1. The highest BCUT2D eigenvalue weighted by Gasteiger charge is 2.40. The third-order valence-corrected chi connectivity index (χ3v) is 8.09. The minimum Gasteiger partial charge on any atom is -0.504 e. The Morgan fingerprint density at radius 2 is 1.00 bits per heavy atom. The van der Waals surface area contributed by atoms with Crippen molar-refractivity contribution in [1.82, 2.24) is 0 Å². The maximum atomic E-state index is 13.5. The molecule has 0 saturated heterocycles. The van der Waals surface area contributed by atoms with Gasteiger partial charge in [-0.2, -0.15) is 0 Å². The average molecular weight is 527 g/mol. The molecular formula is C30H38O6S. The molecule has 0 radical (unpaired) electrons. The Bertz CT molecular complexity index is 1120. The number of hydrogen-bond acceptors (Lipinski definition) is 7. The molecule has 2 aliphatic carbocycles. The van der Waals surface area contributed by atoms with Crippen LogP contribution in [0.4, 0.5) is 0 Å². The summed E-state index contributed by atoms with van der Waals surface area (Å²) in [4.78, 5) is 52.9. The molecule has 6 nitrogen and oxygen atoms in total. The Hall–Kier alpha value is -2.93. The number of ketones is 4. The zero-order chi connectivity index (χ0) is 28.2. The van der Waals surface area contributed by atoms with Crippen LogP contribution in [0, 0.1) is 11.8 Å². The molecule has 37 heavy (non-hydrogen) atoms. The Morgan fingerprint density at radius 3 is 1.30 bits per heavy atom. The minimum atomic E-state index is -0.660. The summed E-state index contributed by atoms with van der Waals surface area (Å²) in [6.07, 6.45) is 6.54. The van der Waals surface area contributed by atoms with Crippen LogP contribution in [-0.2, 0) is 19.2 Å². The standard InChI is InChI=1S/C30H38O6S/c1-15(2)11-9-13-17(5)21-25(33)23(31)19(7)29(27(21)35)37-30-20(8)24(32)26(34)22(28(30)36)18(6)14-10-12-16(3)4/h11-12,17-18,33-34H,9-10,13-14H2,1-8H3/t17-,18-/m1/s1. The number of rotatable bonds is 10. The molecule has 0 saturated carbocycles. The fraction of sp³-hybridized carbons (Fsp3) is 0.467. The number of carbonyl (C=O) groups excluding carboxylic acids is 4. The topological polar surface area (TPSA) is 109 Å². The molecule has 0 heterocycles.